The molecule has 1 aromatic heterocycles. The van der Waals surface area contributed by atoms with Crippen LogP contribution in [-0.2, 0) is 6.54 Å². The summed E-state index contributed by atoms with van der Waals surface area (Å²) in [5.41, 5.74) is 7.18. The molecule has 0 radical (unpaired) electrons. The number of nitrogens with two attached hydrogens (primary N) is 1. The van der Waals surface area contributed by atoms with E-state index in [9.17, 15) is 8.78 Å². The summed E-state index contributed by atoms with van der Waals surface area (Å²) in [5.74, 6) is -1.78. The van der Waals surface area contributed by atoms with Crippen molar-refractivity contribution in [1.82, 2.24) is 9.97 Å². The summed E-state index contributed by atoms with van der Waals surface area (Å²) in [6.07, 6.45) is 0. The fourth-order valence-electron chi connectivity index (χ4n) is 1.41. The van der Waals surface area contributed by atoms with Gasteiger partial charge in [-0.25, -0.2) is 13.8 Å². The fourth-order valence-corrected chi connectivity index (χ4v) is 1.82. The van der Waals surface area contributed by atoms with Gasteiger partial charge in [-0.2, -0.15) is 0 Å². The maximum atomic E-state index is 13.1. The maximum Gasteiger partial charge on any atom is 0.175 e. The van der Waals surface area contributed by atoms with Crippen molar-refractivity contribution in [3.63, 3.8) is 0 Å². The number of nitrogens with zero attached hydrogens (tertiary/aromatic N) is 1. The van der Waals surface area contributed by atoms with Crippen LogP contribution >= 0.6 is 15.9 Å². The van der Waals surface area contributed by atoms with E-state index in [2.05, 4.69) is 25.9 Å². The van der Waals surface area contributed by atoms with Gasteiger partial charge in [-0.05, 0) is 34.1 Å². The lowest BCUT2D eigenvalue weighted by Crippen LogP contribution is -1.99. The van der Waals surface area contributed by atoms with Gasteiger partial charge in [0.2, 0.25) is 0 Å². The van der Waals surface area contributed by atoms with Crippen molar-refractivity contribution in [1.29, 1.82) is 0 Å². The molecule has 3 N–H and O–H groups in total. The lowest BCUT2D eigenvalue weighted by Gasteiger charge is -2.00. The smallest absolute Gasteiger partial charge is 0.175 e. The van der Waals surface area contributed by atoms with Crippen LogP contribution < -0.4 is 5.73 Å². The SMILES string of the molecule is NCc1[nH]c(Br)nc1-c1ccc(F)c(F)c1. The topological polar surface area (TPSA) is 54.7 Å². The van der Waals surface area contributed by atoms with Gasteiger partial charge in [0.1, 0.15) is 0 Å². The van der Waals surface area contributed by atoms with Crippen LogP contribution in [0.5, 0.6) is 0 Å². The van der Waals surface area contributed by atoms with E-state index in [1.807, 2.05) is 0 Å². The molecule has 0 aliphatic heterocycles. The highest BCUT2D eigenvalue weighted by molar-refractivity contribution is 9.10. The molecule has 6 heteroatoms. The standard InChI is InChI=1S/C10H8BrF2N3/c11-10-15-8(4-14)9(16-10)5-1-2-6(12)7(13)3-5/h1-3H,4,14H2,(H,15,16). The van der Waals surface area contributed by atoms with Crippen LogP contribution in [0, 0.1) is 11.6 Å². The molecule has 0 saturated heterocycles. The number of imidazole rings is 1. The van der Waals surface area contributed by atoms with Crippen molar-refractivity contribution in [2.75, 3.05) is 0 Å². The van der Waals surface area contributed by atoms with E-state index in [4.69, 9.17) is 5.73 Å². The zero-order chi connectivity index (χ0) is 11.7. The molecule has 0 saturated carbocycles. The van der Waals surface area contributed by atoms with Crippen molar-refractivity contribution >= 4 is 15.9 Å². The summed E-state index contributed by atoms with van der Waals surface area (Å²) in [4.78, 5) is 7.01. The first-order valence-corrected chi connectivity index (χ1v) is 5.31. The Labute approximate surface area is 98.8 Å². The number of aromatic amines is 1. The van der Waals surface area contributed by atoms with Gasteiger partial charge in [0.25, 0.3) is 0 Å². The Morgan fingerprint density at radius 3 is 2.69 bits per heavy atom. The zero-order valence-electron chi connectivity index (χ0n) is 8.10. The van der Waals surface area contributed by atoms with Gasteiger partial charge in [0.15, 0.2) is 16.4 Å². The van der Waals surface area contributed by atoms with Crippen LogP contribution in [0.3, 0.4) is 0 Å². The summed E-state index contributed by atoms with van der Waals surface area (Å²) >= 11 is 3.16. The predicted octanol–water partition coefficient (Wildman–Crippen LogP) is 2.58. The quantitative estimate of drug-likeness (QED) is 0.892. The average Bonchev–Trinajstić information content (AvgIpc) is 2.63. The molecular formula is C10H8BrF2N3. The number of rotatable bonds is 2. The monoisotopic (exact) mass is 287 g/mol. The van der Waals surface area contributed by atoms with Crippen LogP contribution in [0.1, 0.15) is 5.69 Å². The molecule has 16 heavy (non-hydrogen) atoms. The van der Waals surface area contributed by atoms with Crippen LogP contribution in [-0.4, -0.2) is 9.97 Å². The highest BCUT2D eigenvalue weighted by atomic mass is 79.9. The second kappa shape index (κ2) is 4.31. The molecule has 1 heterocycles. The molecule has 0 atom stereocenters. The van der Waals surface area contributed by atoms with Crippen LogP contribution in [0.2, 0.25) is 0 Å². The highest BCUT2D eigenvalue weighted by Gasteiger charge is 2.12. The van der Waals surface area contributed by atoms with Crippen LogP contribution in [0.4, 0.5) is 8.78 Å². The highest BCUT2D eigenvalue weighted by Crippen LogP contribution is 2.24. The van der Waals surface area contributed by atoms with Gasteiger partial charge < -0.3 is 10.7 Å². The first kappa shape index (κ1) is 11.2. The second-order valence-electron chi connectivity index (χ2n) is 3.19. The van der Waals surface area contributed by atoms with E-state index in [0.717, 1.165) is 12.1 Å². The number of halogens is 3. The number of aromatic nitrogens is 2. The van der Waals surface area contributed by atoms with Crippen molar-refractivity contribution in [3.05, 3.63) is 40.3 Å². The van der Waals surface area contributed by atoms with E-state index < -0.39 is 11.6 Å². The summed E-state index contributed by atoms with van der Waals surface area (Å²) in [5, 5.41) is 0. The minimum Gasteiger partial charge on any atom is -0.335 e. The molecular weight excluding hydrogens is 280 g/mol. The molecule has 0 bridgehead atoms. The molecule has 0 amide bonds. The summed E-state index contributed by atoms with van der Waals surface area (Å²) < 4.78 is 26.3. The third kappa shape index (κ3) is 1.98. The third-order valence-electron chi connectivity index (χ3n) is 2.15. The normalized spacial score (nSPS) is 10.8. The van der Waals surface area contributed by atoms with E-state index in [1.54, 1.807) is 0 Å². The molecule has 2 aromatic rings. The predicted molar refractivity (Wildman–Crippen MR) is 59.5 cm³/mol. The summed E-state index contributed by atoms with van der Waals surface area (Å²) in [7, 11) is 0. The molecule has 0 spiro atoms. The molecule has 3 nitrogen and oxygen atoms in total. The minimum atomic E-state index is -0.903. The van der Waals surface area contributed by atoms with E-state index in [1.165, 1.54) is 6.07 Å². The Hall–Kier alpha value is -1.27. The van der Waals surface area contributed by atoms with Crippen molar-refractivity contribution in [2.24, 2.45) is 5.73 Å². The van der Waals surface area contributed by atoms with Crippen molar-refractivity contribution < 1.29 is 8.78 Å². The molecule has 0 aliphatic rings. The van der Waals surface area contributed by atoms with Gasteiger partial charge in [0.05, 0.1) is 11.4 Å². The zero-order valence-corrected chi connectivity index (χ0v) is 9.68. The van der Waals surface area contributed by atoms with Crippen molar-refractivity contribution in [2.45, 2.75) is 6.54 Å². The average molecular weight is 288 g/mol. The van der Waals surface area contributed by atoms with Crippen LogP contribution in [0.15, 0.2) is 22.9 Å². The van der Waals surface area contributed by atoms with E-state index in [0.29, 0.717) is 21.7 Å². The first-order valence-electron chi connectivity index (χ1n) is 4.51. The van der Waals surface area contributed by atoms with E-state index in [-0.39, 0.29) is 6.54 Å². The number of nitrogens with one attached hydrogen (secondary N) is 1. The Bertz CT molecular complexity index is 525. The summed E-state index contributed by atoms with van der Waals surface area (Å²) in [6, 6.07) is 3.62. The number of hydrogen-bond donors (Lipinski definition) is 2. The van der Waals surface area contributed by atoms with Gasteiger partial charge >= 0.3 is 0 Å². The Morgan fingerprint density at radius 1 is 1.31 bits per heavy atom. The Balaban J connectivity index is 2.53. The lowest BCUT2D eigenvalue weighted by atomic mass is 10.1. The number of benzene rings is 1. The molecule has 0 aliphatic carbocycles. The largest absolute Gasteiger partial charge is 0.335 e. The van der Waals surface area contributed by atoms with Crippen LogP contribution in [0.25, 0.3) is 11.3 Å². The van der Waals surface area contributed by atoms with Gasteiger partial charge in [-0.1, -0.05) is 0 Å². The lowest BCUT2D eigenvalue weighted by molar-refractivity contribution is 0.509. The molecule has 1 aromatic carbocycles. The van der Waals surface area contributed by atoms with Gasteiger partial charge in [-0.15, -0.1) is 0 Å². The number of H-pyrrole nitrogens is 1. The third-order valence-corrected chi connectivity index (χ3v) is 2.52. The molecule has 2 rings (SSSR count). The Morgan fingerprint density at radius 2 is 2.06 bits per heavy atom. The van der Waals surface area contributed by atoms with Gasteiger partial charge in [0, 0.05) is 12.1 Å². The minimum absolute atomic E-state index is 0.243. The summed E-state index contributed by atoms with van der Waals surface area (Å²) in [6.45, 7) is 0.243. The molecule has 0 unspecified atom stereocenters. The number of hydrogen-bond acceptors (Lipinski definition) is 2. The van der Waals surface area contributed by atoms with E-state index >= 15 is 0 Å². The second-order valence-corrected chi connectivity index (χ2v) is 3.94. The molecule has 84 valence electrons. The first-order chi connectivity index (χ1) is 7.61. The van der Waals surface area contributed by atoms with Gasteiger partial charge in [-0.3, -0.25) is 0 Å². The molecule has 0 fully saturated rings. The maximum absolute atomic E-state index is 13.1. The fraction of sp³-hybridized carbons (Fsp3) is 0.100. The van der Waals surface area contributed by atoms with Crippen molar-refractivity contribution in [3.8, 4) is 11.3 Å². The Kier molecular flexibility index (Phi) is 3.02.